The van der Waals surface area contributed by atoms with Crippen molar-refractivity contribution < 1.29 is 57.8 Å². The summed E-state index contributed by atoms with van der Waals surface area (Å²) in [5, 5.41) is 31.9. The highest BCUT2D eigenvalue weighted by atomic mass is 16.4. The first kappa shape index (κ1) is 61.1. The number of rotatable bonds is 27. The number of carbonyl (C=O) groups excluding carboxylic acids is 10. The van der Waals surface area contributed by atoms with Gasteiger partial charge in [0.2, 0.25) is 59.1 Å². The van der Waals surface area contributed by atoms with Crippen LogP contribution in [0.5, 0.6) is 0 Å². The van der Waals surface area contributed by atoms with Gasteiger partial charge in [-0.3, -0.25) is 47.9 Å². The lowest BCUT2D eigenvalue weighted by Gasteiger charge is -2.30. The average Bonchev–Trinajstić information content (AvgIpc) is 3.74. The molecule has 0 aliphatic carbocycles. The van der Waals surface area contributed by atoms with Gasteiger partial charge in [-0.25, -0.2) is 4.79 Å². The Kier molecular flexibility index (Phi) is 25.3. The second kappa shape index (κ2) is 28.6. The number of carbonyl (C=O) groups is 11. The number of hydrogen-bond acceptors (Lipinski definition) is 12. The van der Waals surface area contributed by atoms with Crippen LogP contribution in [0.2, 0.25) is 0 Å². The van der Waals surface area contributed by atoms with Crippen LogP contribution in [0, 0.1) is 29.6 Å². The molecule has 1 saturated heterocycles. The lowest BCUT2D eigenvalue weighted by Crippen LogP contribution is -2.60. The van der Waals surface area contributed by atoms with E-state index in [2.05, 4.69) is 47.9 Å². The minimum absolute atomic E-state index is 0.0429. The zero-order valence-electron chi connectivity index (χ0n) is 42.9. The monoisotopic (exact) mass is 980 g/mol. The summed E-state index contributed by atoms with van der Waals surface area (Å²) in [5.74, 6) is -9.22. The Bertz CT molecular complexity index is 1840. The molecular weight excluding hydrogens is 899 g/mol. The number of nitrogens with zero attached hydrogens (tertiary/aromatic N) is 1. The molecule has 10 atom stereocenters. The molecule has 0 bridgehead atoms. The standard InChI is InChI=1S/C46H81N11O12/c1-21(2)18-30(47)45(67)57-17-15-16-32(57)42(64)53-31(19-22(3)4)41(63)50-28(13)39(61)55-35(24(7)8)44(66)52-29(14)40(62)56-34(23(5)6)43(65)51-27(12)38(60)49-26(11)37(59)48-20-33(58)54-36(25(9)10)46(68)69/h21-32,34-36H,15-20,47H2,1-14H3,(H,48,59)(H,49,60)(H,50,63)(H,51,65)(H,52,66)(H,53,64)(H,54,58)(H,55,61)(H,56,62)(H,68,69)/t26-,27-,28-,29-,30-,31-,32-,34-,35-,36-/m0/s1. The van der Waals surface area contributed by atoms with Crippen molar-refractivity contribution in [2.45, 2.75) is 183 Å². The number of likely N-dealkylation sites (tertiary alicyclic amines) is 1. The van der Waals surface area contributed by atoms with Gasteiger partial charge in [-0.15, -0.1) is 0 Å². The lowest BCUT2D eigenvalue weighted by atomic mass is 10.0. The summed E-state index contributed by atoms with van der Waals surface area (Å²) < 4.78 is 0. The first-order valence-corrected chi connectivity index (χ1v) is 23.9. The van der Waals surface area contributed by atoms with Gasteiger partial charge in [-0.1, -0.05) is 69.2 Å². The Morgan fingerprint density at radius 2 is 0.913 bits per heavy atom. The van der Waals surface area contributed by atoms with Crippen LogP contribution in [0.1, 0.15) is 123 Å². The molecule has 0 aromatic rings. The molecule has 69 heavy (non-hydrogen) atoms. The van der Waals surface area contributed by atoms with Crippen LogP contribution in [0.15, 0.2) is 0 Å². The topological polar surface area (TPSA) is 346 Å². The maximum absolute atomic E-state index is 13.6. The summed E-state index contributed by atoms with van der Waals surface area (Å²) in [5.41, 5.74) is 6.15. The lowest BCUT2D eigenvalue weighted by molar-refractivity contribution is -0.143. The maximum Gasteiger partial charge on any atom is 0.326 e. The van der Waals surface area contributed by atoms with E-state index < -0.39 is 144 Å². The third kappa shape index (κ3) is 20.3. The third-order valence-corrected chi connectivity index (χ3v) is 11.4. The number of nitrogens with two attached hydrogens (primary N) is 1. The zero-order valence-corrected chi connectivity index (χ0v) is 42.9. The van der Waals surface area contributed by atoms with Crippen LogP contribution in [0.4, 0.5) is 0 Å². The van der Waals surface area contributed by atoms with Crippen LogP contribution in [-0.4, -0.2) is 149 Å². The molecular formula is C46H81N11O12. The Morgan fingerprint density at radius 3 is 1.33 bits per heavy atom. The van der Waals surface area contributed by atoms with Crippen molar-refractivity contribution in [3.8, 4) is 0 Å². The minimum atomic E-state index is -1.23. The fourth-order valence-electron chi connectivity index (χ4n) is 7.30. The van der Waals surface area contributed by atoms with Gasteiger partial charge in [0.15, 0.2) is 0 Å². The van der Waals surface area contributed by atoms with E-state index >= 15 is 0 Å². The molecule has 12 N–H and O–H groups in total. The van der Waals surface area contributed by atoms with Gasteiger partial charge in [0, 0.05) is 6.54 Å². The van der Waals surface area contributed by atoms with E-state index in [9.17, 15) is 57.8 Å². The molecule has 1 aliphatic heterocycles. The molecule has 10 amide bonds. The van der Waals surface area contributed by atoms with Gasteiger partial charge < -0.3 is 63.6 Å². The third-order valence-electron chi connectivity index (χ3n) is 11.4. The summed E-state index contributed by atoms with van der Waals surface area (Å²) in [7, 11) is 0. The van der Waals surface area contributed by atoms with Crippen LogP contribution in [-0.2, 0) is 52.7 Å². The first-order valence-electron chi connectivity index (χ1n) is 23.9. The molecule has 1 aliphatic rings. The Balaban J connectivity index is 2.88. The summed E-state index contributed by atoms with van der Waals surface area (Å²) in [6.07, 6.45) is 1.69. The summed E-state index contributed by atoms with van der Waals surface area (Å²) in [6, 6.07) is -10.9. The van der Waals surface area contributed by atoms with Crippen LogP contribution < -0.4 is 53.6 Å². The minimum Gasteiger partial charge on any atom is -0.480 e. The fraction of sp³-hybridized carbons (Fsp3) is 0.761. The number of carboxylic acid groups (broad SMARTS) is 1. The van der Waals surface area contributed by atoms with Crippen molar-refractivity contribution in [1.82, 2.24) is 52.8 Å². The number of hydrogen-bond donors (Lipinski definition) is 11. The molecule has 1 heterocycles. The number of amides is 10. The Morgan fingerprint density at radius 1 is 0.507 bits per heavy atom. The predicted molar refractivity (Wildman–Crippen MR) is 255 cm³/mol. The number of nitrogens with one attached hydrogen (secondary N) is 9. The highest BCUT2D eigenvalue weighted by Crippen LogP contribution is 2.21. The number of carboxylic acids is 1. The largest absolute Gasteiger partial charge is 0.480 e. The van der Waals surface area contributed by atoms with Gasteiger partial charge in [0.25, 0.3) is 0 Å². The van der Waals surface area contributed by atoms with E-state index in [1.165, 1.54) is 32.6 Å². The second-order valence-electron chi connectivity index (χ2n) is 19.8. The van der Waals surface area contributed by atoms with Crippen LogP contribution in [0.3, 0.4) is 0 Å². The van der Waals surface area contributed by atoms with Crippen molar-refractivity contribution in [3.63, 3.8) is 0 Å². The smallest absolute Gasteiger partial charge is 0.326 e. The van der Waals surface area contributed by atoms with Crippen molar-refractivity contribution in [3.05, 3.63) is 0 Å². The van der Waals surface area contributed by atoms with Gasteiger partial charge in [0.05, 0.1) is 12.6 Å². The zero-order chi connectivity index (χ0) is 53.2. The number of aliphatic carboxylic acids is 1. The highest BCUT2D eigenvalue weighted by molar-refractivity contribution is 5.98. The van der Waals surface area contributed by atoms with Crippen molar-refractivity contribution >= 4 is 65.0 Å². The fourth-order valence-corrected chi connectivity index (χ4v) is 7.30. The molecule has 23 heteroatoms. The normalized spacial score (nSPS) is 17.6. The average molecular weight is 980 g/mol. The van der Waals surface area contributed by atoms with Gasteiger partial charge in [-0.2, -0.15) is 0 Å². The van der Waals surface area contributed by atoms with E-state index in [1.54, 1.807) is 41.5 Å². The van der Waals surface area contributed by atoms with E-state index in [4.69, 9.17) is 5.73 Å². The first-order chi connectivity index (χ1) is 31.9. The Hall–Kier alpha value is -5.87. The van der Waals surface area contributed by atoms with Gasteiger partial charge in [-0.05, 0) is 83.0 Å². The molecule has 23 nitrogen and oxygen atoms in total. The maximum atomic E-state index is 13.6. The molecule has 0 spiro atoms. The second-order valence-corrected chi connectivity index (χ2v) is 19.8. The summed E-state index contributed by atoms with van der Waals surface area (Å²) in [6.45, 7) is 22.7. The van der Waals surface area contributed by atoms with Crippen molar-refractivity contribution in [1.29, 1.82) is 0 Å². The SMILES string of the molecule is CC(C)C[C@H](NC(=O)[C@@H]1CCCN1C(=O)[C@@H](N)CC(C)C)C(=O)N[C@@H](C)C(=O)N[C@H](C(=O)N[C@@H](C)C(=O)N[C@H](C(=O)N[C@@H](C)C(=O)N[C@@H](C)C(=O)NCC(=O)N[C@H](C(=O)O)C(C)C)C(C)C)C(C)C. The molecule has 0 unspecified atom stereocenters. The molecule has 0 aromatic carbocycles. The van der Waals surface area contributed by atoms with E-state index in [0.717, 1.165) is 0 Å². The van der Waals surface area contributed by atoms with E-state index in [0.29, 0.717) is 25.8 Å². The molecule has 1 rings (SSSR count). The predicted octanol–water partition coefficient (Wildman–Crippen LogP) is -1.48. The summed E-state index contributed by atoms with van der Waals surface area (Å²) in [4.78, 5) is 144. The van der Waals surface area contributed by atoms with Gasteiger partial charge >= 0.3 is 5.97 Å². The van der Waals surface area contributed by atoms with Crippen molar-refractivity contribution in [2.24, 2.45) is 35.3 Å². The quantitative estimate of drug-likeness (QED) is 0.0448. The molecule has 1 fully saturated rings. The van der Waals surface area contributed by atoms with E-state index in [-0.39, 0.29) is 24.2 Å². The molecule has 0 saturated carbocycles. The Labute approximate surface area is 406 Å². The van der Waals surface area contributed by atoms with Crippen LogP contribution >= 0.6 is 0 Å². The van der Waals surface area contributed by atoms with Gasteiger partial charge in [0.1, 0.15) is 54.4 Å². The van der Waals surface area contributed by atoms with Crippen LogP contribution in [0.25, 0.3) is 0 Å². The van der Waals surface area contributed by atoms with E-state index in [1.807, 2.05) is 27.7 Å². The molecule has 392 valence electrons. The van der Waals surface area contributed by atoms with Crippen molar-refractivity contribution in [2.75, 3.05) is 13.1 Å². The summed E-state index contributed by atoms with van der Waals surface area (Å²) >= 11 is 0. The highest BCUT2D eigenvalue weighted by Gasteiger charge is 2.39. The molecule has 0 aromatic heterocycles. The molecule has 0 radical (unpaired) electrons.